The Bertz CT molecular complexity index is 1260. The Balaban J connectivity index is 1.46. The number of carbonyl (C=O) groups excluding carboxylic acids is 1. The number of halogens is 1. The maximum atomic E-state index is 13.4. The van der Waals surface area contributed by atoms with Gasteiger partial charge in [-0.3, -0.25) is 14.6 Å². The zero-order chi connectivity index (χ0) is 25.7. The number of fused-ring (bicyclic) bond motifs is 1. The summed E-state index contributed by atoms with van der Waals surface area (Å²) >= 11 is 7.82. The van der Waals surface area contributed by atoms with Crippen molar-refractivity contribution in [3.63, 3.8) is 0 Å². The third kappa shape index (κ3) is 6.63. The molecule has 1 aliphatic rings. The molecule has 1 fully saturated rings. The molecule has 0 atom stereocenters. The van der Waals surface area contributed by atoms with Gasteiger partial charge in [0.05, 0.1) is 39.1 Å². The van der Waals surface area contributed by atoms with Gasteiger partial charge in [0.15, 0.2) is 15.0 Å². The van der Waals surface area contributed by atoms with Crippen molar-refractivity contribution < 1.29 is 17.9 Å². The van der Waals surface area contributed by atoms with Gasteiger partial charge in [-0.2, -0.15) is 0 Å². The van der Waals surface area contributed by atoms with Gasteiger partial charge < -0.3 is 4.74 Å². The van der Waals surface area contributed by atoms with E-state index in [-0.39, 0.29) is 24.5 Å². The topological polar surface area (TPSA) is 79.8 Å². The first-order chi connectivity index (χ1) is 17.2. The van der Waals surface area contributed by atoms with E-state index < -0.39 is 9.84 Å². The van der Waals surface area contributed by atoms with Gasteiger partial charge in [0, 0.05) is 32.6 Å². The molecule has 0 saturated carbocycles. The van der Waals surface area contributed by atoms with E-state index in [1.807, 2.05) is 26.0 Å². The number of morpholine rings is 1. The molecule has 0 radical (unpaired) electrons. The summed E-state index contributed by atoms with van der Waals surface area (Å²) in [6, 6.07) is 10.6. The van der Waals surface area contributed by atoms with Crippen molar-refractivity contribution in [1.82, 2.24) is 9.88 Å². The minimum Gasteiger partial charge on any atom is -0.379 e. The van der Waals surface area contributed by atoms with Crippen LogP contribution in [0.1, 0.15) is 30.4 Å². The maximum absolute atomic E-state index is 13.4. The number of aromatic nitrogens is 1. The number of thiazole rings is 1. The zero-order valence-electron chi connectivity index (χ0n) is 20.7. The van der Waals surface area contributed by atoms with Crippen molar-refractivity contribution in [3.8, 4) is 0 Å². The van der Waals surface area contributed by atoms with Gasteiger partial charge in [-0.1, -0.05) is 46.7 Å². The van der Waals surface area contributed by atoms with E-state index in [0.717, 1.165) is 60.6 Å². The number of carbonyl (C=O) groups is 1. The highest BCUT2D eigenvalue weighted by Gasteiger charge is 2.23. The molecule has 3 aromatic rings. The number of benzene rings is 2. The van der Waals surface area contributed by atoms with Crippen molar-refractivity contribution in [2.45, 2.75) is 38.0 Å². The van der Waals surface area contributed by atoms with Gasteiger partial charge in [0.2, 0.25) is 5.91 Å². The first-order valence-corrected chi connectivity index (χ1v) is 15.0. The molecule has 10 heteroatoms. The van der Waals surface area contributed by atoms with E-state index in [2.05, 4.69) is 4.90 Å². The monoisotopic (exact) mass is 549 g/mol. The summed E-state index contributed by atoms with van der Waals surface area (Å²) < 4.78 is 31.8. The largest absolute Gasteiger partial charge is 0.379 e. The van der Waals surface area contributed by atoms with Gasteiger partial charge in [-0.15, -0.1) is 0 Å². The maximum Gasteiger partial charge on any atom is 0.228 e. The quantitative estimate of drug-likeness (QED) is 0.359. The van der Waals surface area contributed by atoms with Crippen LogP contribution < -0.4 is 4.90 Å². The Kier molecular flexibility index (Phi) is 9.00. The zero-order valence-corrected chi connectivity index (χ0v) is 23.1. The second-order valence-electron chi connectivity index (χ2n) is 9.13. The molecule has 0 N–H and O–H groups in total. The Morgan fingerprint density at radius 2 is 1.83 bits per heavy atom. The number of ether oxygens (including phenoxy) is 1. The van der Waals surface area contributed by atoms with Crippen LogP contribution in [0.5, 0.6) is 0 Å². The molecule has 1 saturated heterocycles. The standard InChI is InChI=1S/C26H32ClN3O4S2/c1-19-6-9-21(10-7-19)36(32,33)18-3-5-23(31)30(13-4-12-29-14-16-34-17-15-29)26-28-24-20(2)8-11-22(27)25(24)35-26/h6-11H,3-5,12-18H2,1-2H3. The lowest BCUT2D eigenvalue weighted by Crippen LogP contribution is -2.39. The first-order valence-electron chi connectivity index (χ1n) is 12.2. The molecule has 2 aromatic carbocycles. The van der Waals surface area contributed by atoms with E-state index in [4.69, 9.17) is 21.3 Å². The SMILES string of the molecule is Cc1ccc(S(=O)(=O)CCCC(=O)N(CCCN2CCOCC2)c2nc3c(C)ccc(Cl)c3s2)cc1. The normalized spacial score (nSPS) is 14.9. The Labute approximate surface area is 221 Å². The van der Waals surface area contributed by atoms with Crippen LogP contribution in [0.4, 0.5) is 5.13 Å². The van der Waals surface area contributed by atoms with E-state index in [1.54, 1.807) is 29.2 Å². The number of aryl methyl sites for hydroxylation is 2. The molecule has 1 aromatic heterocycles. The summed E-state index contributed by atoms with van der Waals surface area (Å²) in [5.74, 6) is -0.197. The predicted octanol–water partition coefficient (Wildman–Crippen LogP) is 4.88. The van der Waals surface area contributed by atoms with E-state index in [0.29, 0.717) is 21.6 Å². The summed E-state index contributed by atoms with van der Waals surface area (Å²) in [5, 5.41) is 1.22. The summed E-state index contributed by atoms with van der Waals surface area (Å²) in [4.78, 5) is 22.5. The fraction of sp³-hybridized carbons (Fsp3) is 0.462. The highest BCUT2D eigenvalue weighted by molar-refractivity contribution is 7.91. The van der Waals surface area contributed by atoms with Gasteiger partial charge in [-0.05, 0) is 50.5 Å². The minimum atomic E-state index is -3.45. The molecule has 0 bridgehead atoms. The fourth-order valence-electron chi connectivity index (χ4n) is 4.22. The number of rotatable bonds is 10. The van der Waals surface area contributed by atoms with Crippen molar-refractivity contribution in [2.75, 3.05) is 50.0 Å². The van der Waals surface area contributed by atoms with Gasteiger partial charge in [0.25, 0.3) is 0 Å². The number of anilines is 1. The molecule has 4 rings (SSSR count). The number of hydrogen-bond donors (Lipinski definition) is 0. The lowest BCUT2D eigenvalue weighted by molar-refractivity contribution is -0.118. The van der Waals surface area contributed by atoms with Gasteiger partial charge in [0.1, 0.15) is 0 Å². The lowest BCUT2D eigenvalue weighted by Gasteiger charge is -2.27. The fourth-order valence-corrected chi connectivity index (χ4v) is 6.89. The number of hydrogen-bond acceptors (Lipinski definition) is 7. The van der Waals surface area contributed by atoms with Crippen LogP contribution in [-0.2, 0) is 19.4 Å². The predicted molar refractivity (Wildman–Crippen MR) is 146 cm³/mol. The van der Waals surface area contributed by atoms with Crippen molar-refractivity contribution in [3.05, 3.63) is 52.5 Å². The molecule has 36 heavy (non-hydrogen) atoms. The van der Waals surface area contributed by atoms with Crippen LogP contribution in [-0.4, -0.2) is 69.4 Å². The van der Waals surface area contributed by atoms with Crippen LogP contribution in [0.25, 0.3) is 10.2 Å². The Morgan fingerprint density at radius 3 is 2.53 bits per heavy atom. The molecular weight excluding hydrogens is 518 g/mol. The van der Waals surface area contributed by atoms with E-state index >= 15 is 0 Å². The van der Waals surface area contributed by atoms with Crippen molar-refractivity contribution >= 4 is 54.0 Å². The molecule has 1 amide bonds. The summed E-state index contributed by atoms with van der Waals surface area (Å²) in [5.41, 5.74) is 2.81. The summed E-state index contributed by atoms with van der Waals surface area (Å²) in [6.07, 6.45) is 1.17. The van der Waals surface area contributed by atoms with Gasteiger partial charge >= 0.3 is 0 Å². The average Bonchev–Trinajstić information content (AvgIpc) is 3.31. The Morgan fingerprint density at radius 1 is 1.11 bits per heavy atom. The van der Waals surface area contributed by atoms with Crippen LogP contribution >= 0.6 is 22.9 Å². The third-order valence-corrected chi connectivity index (χ3v) is 9.72. The van der Waals surface area contributed by atoms with Crippen LogP contribution in [0.15, 0.2) is 41.3 Å². The first kappa shape index (κ1) is 27.0. The van der Waals surface area contributed by atoms with Crippen LogP contribution in [0.3, 0.4) is 0 Å². The lowest BCUT2D eigenvalue weighted by atomic mass is 10.2. The smallest absolute Gasteiger partial charge is 0.228 e. The van der Waals surface area contributed by atoms with Crippen LogP contribution in [0, 0.1) is 13.8 Å². The molecule has 7 nitrogen and oxygen atoms in total. The summed E-state index contributed by atoms with van der Waals surface area (Å²) in [6.45, 7) is 8.50. The highest BCUT2D eigenvalue weighted by Crippen LogP contribution is 2.36. The number of sulfone groups is 1. The van der Waals surface area contributed by atoms with Crippen molar-refractivity contribution in [2.24, 2.45) is 0 Å². The van der Waals surface area contributed by atoms with Gasteiger partial charge in [-0.25, -0.2) is 13.4 Å². The van der Waals surface area contributed by atoms with Crippen molar-refractivity contribution in [1.29, 1.82) is 0 Å². The van der Waals surface area contributed by atoms with E-state index in [9.17, 15) is 13.2 Å². The number of nitrogens with zero attached hydrogens (tertiary/aromatic N) is 3. The van der Waals surface area contributed by atoms with E-state index in [1.165, 1.54) is 11.3 Å². The second-order valence-corrected chi connectivity index (χ2v) is 12.6. The summed E-state index contributed by atoms with van der Waals surface area (Å²) in [7, 11) is -3.45. The molecule has 0 aliphatic carbocycles. The Hall–Kier alpha value is -2.04. The minimum absolute atomic E-state index is 0.0752. The molecular formula is C26H32ClN3O4S2. The molecule has 2 heterocycles. The molecule has 194 valence electrons. The molecule has 0 unspecified atom stereocenters. The molecule has 1 aliphatic heterocycles. The van der Waals surface area contributed by atoms with Crippen LogP contribution in [0.2, 0.25) is 5.02 Å². The highest BCUT2D eigenvalue weighted by atomic mass is 35.5. The second kappa shape index (κ2) is 12.0. The third-order valence-electron chi connectivity index (χ3n) is 6.36. The number of amides is 1. The average molecular weight is 550 g/mol. The molecule has 0 spiro atoms.